The Bertz CT molecular complexity index is 1970. The van der Waals surface area contributed by atoms with Gasteiger partial charge < -0.3 is 28.2 Å². The number of halogens is 1. The van der Waals surface area contributed by atoms with Crippen molar-refractivity contribution >= 4 is 31.8 Å². The van der Waals surface area contributed by atoms with Gasteiger partial charge in [-0.25, -0.2) is 14.8 Å². The van der Waals surface area contributed by atoms with E-state index >= 15 is 0 Å². The number of likely N-dealkylation sites (N-methyl/N-ethyl adjacent to an activating group) is 1. The summed E-state index contributed by atoms with van der Waals surface area (Å²) < 4.78 is 26.7. The SMILES string of the molecule is Cc1noc(C)c1-c1nc(-c2cc(OCC(CN(C)C(=O)OC(C)(C)C)O[Si](C)(C)C(C)(C)C)ccc2Cl)nc(N2Cc3cnn(C4CC4)c3C2)c1C. The average Bonchev–Trinajstić information content (AvgIpc) is 3.55. The Balaban J connectivity index is 1.32. The molecule has 4 heterocycles. The van der Waals surface area contributed by atoms with Gasteiger partial charge in [0.1, 0.15) is 29.5 Å². The van der Waals surface area contributed by atoms with E-state index in [4.69, 9.17) is 45.1 Å². The first kappa shape index (κ1) is 38.8. The molecule has 1 aromatic carbocycles. The molecule has 0 bridgehead atoms. The second-order valence-electron chi connectivity index (χ2n) is 17.0. The van der Waals surface area contributed by atoms with Crippen LogP contribution in [-0.2, 0) is 22.3 Å². The summed E-state index contributed by atoms with van der Waals surface area (Å²) in [6.45, 7) is 24.3. The van der Waals surface area contributed by atoms with Crippen molar-refractivity contribution in [3.05, 3.63) is 57.7 Å². The zero-order valence-corrected chi connectivity index (χ0v) is 35.0. The van der Waals surface area contributed by atoms with Crippen molar-refractivity contribution in [3.8, 4) is 28.4 Å². The highest BCUT2D eigenvalue weighted by Crippen LogP contribution is 2.42. The molecule has 0 radical (unpaired) electrons. The maximum absolute atomic E-state index is 12.9. The minimum Gasteiger partial charge on any atom is -0.491 e. The first-order valence-corrected chi connectivity index (χ1v) is 21.7. The summed E-state index contributed by atoms with van der Waals surface area (Å²) in [5.41, 5.74) is 5.75. The maximum Gasteiger partial charge on any atom is 0.410 e. The van der Waals surface area contributed by atoms with Gasteiger partial charge in [-0.2, -0.15) is 5.10 Å². The quantitative estimate of drug-likeness (QED) is 0.137. The second kappa shape index (κ2) is 14.4. The molecule has 1 aliphatic carbocycles. The first-order chi connectivity index (χ1) is 24.7. The smallest absolute Gasteiger partial charge is 0.410 e. The van der Waals surface area contributed by atoms with Crippen molar-refractivity contribution in [1.82, 2.24) is 29.8 Å². The van der Waals surface area contributed by atoms with Crippen LogP contribution in [0, 0.1) is 20.8 Å². The molecule has 0 spiro atoms. The molecule has 53 heavy (non-hydrogen) atoms. The predicted octanol–water partition coefficient (Wildman–Crippen LogP) is 9.06. The number of fused-ring (bicyclic) bond motifs is 1. The molecule has 4 aromatic rings. The minimum absolute atomic E-state index is 0.0451. The van der Waals surface area contributed by atoms with Gasteiger partial charge in [0.25, 0.3) is 0 Å². The van der Waals surface area contributed by atoms with Gasteiger partial charge >= 0.3 is 6.09 Å². The zero-order chi connectivity index (χ0) is 38.6. The summed E-state index contributed by atoms with van der Waals surface area (Å²) in [7, 11) is -0.519. The standard InChI is InChI=1S/C39H54ClN7O5Si/c1-23-34(33-24(2)44-51-25(33)3)42-35(43-36(23)46-19-26-18-41-47(27-13-14-27)32(26)21-46)30-17-28(15-16-31(30)40)49-22-29(52-53(11,12)39(7,8)9)20-45(10)37(48)50-38(4,5)6/h15-18,27,29H,13-14,19-22H2,1-12H3. The van der Waals surface area contributed by atoms with Crippen LogP contribution in [0.25, 0.3) is 22.6 Å². The van der Waals surface area contributed by atoms with Crippen molar-refractivity contribution in [3.63, 3.8) is 0 Å². The molecule has 2 aliphatic rings. The number of ether oxygens (including phenoxy) is 2. The Labute approximate surface area is 319 Å². The number of carbonyl (C=O) groups excluding carboxylic acids is 1. The number of rotatable bonds is 11. The topological polar surface area (TPSA) is 121 Å². The lowest BCUT2D eigenvalue weighted by molar-refractivity contribution is 0.0172. The van der Waals surface area contributed by atoms with E-state index in [-0.39, 0.29) is 11.6 Å². The first-order valence-electron chi connectivity index (χ1n) is 18.4. The fourth-order valence-electron chi connectivity index (χ4n) is 6.34. The monoisotopic (exact) mass is 763 g/mol. The Morgan fingerprint density at radius 2 is 1.81 bits per heavy atom. The lowest BCUT2D eigenvalue weighted by Crippen LogP contribution is -2.49. The summed E-state index contributed by atoms with van der Waals surface area (Å²) in [6.07, 6.45) is 3.50. The molecular weight excluding hydrogens is 710 g/mol. The van der Waals surface area contributed by atoms with E-state index in [1.165, 1.54) is 24.1 Å². The fourth-order valence-corrected chi connectivity index (χ4v) is 7.88. The van der Waals surface area contributed by atoms with Crippen LogP contribution in [0.4, 0.5) is 10.6 Å². The van der Waals surface area contributed by atoms with Crippen molar-refractivity contribution in [2.75, 3.05) is 25.1 Å². The Hall–Kier alpha value is -3.94. The normalized spacial score (nSPS) is 15.5. The van der Waals surface area contributed by atoms with Gasteiger partial charge in [0, 0.05) is 30.3 Å². The molecule has 1 atom stereocenters. The van der Waals surface area contributed by atoms with Crippen molar-refractivity contribution < 1.29 is 23.2 Å². The molecule has 286 valence electrons. The summed E-state index contributed by atoms with van der Waals surface area (Å²) in [6, 6.07) is 6.00. The number of carbonyl (C=O) groups is 1. The van der Waals surface area contributed by atoms with Crippen LogP contribution < -0.4 is 9.64 Å². The number of benzene rings is 1. The number of aromatic nitrogens is 5. The van der Waals surface area contributed by atoms with Crippen molar-refractivity contribution in [1.29, 1.82) is 0 Å². The van der Waals surface area contributed by atoms with E-state index in [1.807, 2.05) is 52.9 Å². The molecule has 0 saturated heterocycles. The molecule has 0 N–H and O–H groups in total. The zero-order valence-electron chi connectivity index (χ0n) is 33.3. The highest BCUT2D eigenvalue weighted by molar-refractivity contribution is 6.74. The maximum atomic E-state index is 12.9. The molecule has 12 nitrogen and oxygen atoms in total. The third kappa shape index (κ3) is 8.42. The van der Waals surface area contributed by atoms with Crippen LogP contribution in [-0.4, -0.2) is 76.1 Å². The third-order valence-corrected chi connectivity index (χ3v) is 15.2. The van der Waals surface area contributed by atoms with Crippen LogP contribution >= 0.6 is 11.6 Å². The van der Waals surface area contributed by atoms with E-state index in [9.17, 15) is 4.79 Å². The van der Waals surface area contributed by atoms with Gasteiger partial charge in [-0.15, -0.1) is 0 Å². The Morgan fingerprint density at radius 1 is 1.09 bits per heavy atom. The van der Waals surface area contributed by atoms with Gasteiger partial charge in [0.2, 0.25) is 0 Å². The number of aryl methyl sites for hydroxylation is 2. The fraction of sp³-hybridized carbons (Fsp3) is 0.564. The molecule has 1 saturated carbocycles. The van der Waals surface area contributed by atoms with Gasteiger partial charge in [0.05, 0.1) is 59.1 Å². The van der Waals surface area contributed by atoms with Crippen molar-refractivity contribution in [2.24, 2.45) is 0 Å². The second-order valence-corrected chi connectivity index (χ2v) is 22.2. The summed E-state index contributed by atoms with van der Waals surface area (Å²) >= 11 is 6.93. The molecular formula is C39H54ClN7O5Si. The van der Waals surface area contributed by atoms with Crippen LogP contribution in [0.15, 0.2) is 28.9 Å². The van der Waals surface area contributed by atoms with Gasteiger partial charge in [-0.3, -0.25) is 4.68 Å². The number of anilines is 1. The van der Waals surface area contributed by atoms with E-state index < -0.39 is 26.1 Å². The molecule has 1 amide bonds. The summed E-state index contributed by atoms with van der Waals surface area (Å²) in [5, 5.41) is 9.37. The van der Waals surface area contributed by atoms with E-state index in [0.29, 0.717) is 53.6 Å². The van der Waals surface area contributed by atoms with Crippen LogP contribution in [0.1, 0.15) is 88.7 Å². The molecule has 1 fully saturated rings. The number of amides is 1. The Kier molecular flexibility index (Phi) is 10.5. The van der Waals surface area contributed by atoms with Crippen molar-refractivity contribution in [2.45, 2.75) is 124 Å². The predicted molar refractivity (Wildman–Crippen MR) is 209 cm³/mol. The molecule has 3 aromatic heterocycles. The number of hydrogen-bond acceptors (Lipinski definition) is 10. The van der Waals surface area contributed by atoms with E-state index in [2.05, 4.69) is 55.5 Å². The van der Waals surface area contributed by atoms with Crippen LogP contribution in [0.5, 0.6) is 5.75 Å². The summed E-state index contributed by atoms with van der Waals surface area (Å²) in [5.74, 6) is 2.55. The lowest BCUT2D eigenvalue weighted by Gasteiger charge is -2.40. The van der Waals surface area contributed by atoms with E-state index in [1.54, 1.807) is 18.0 Å². The van der Waals surface area contributed by atoms with Gasteiger partial charge in [-0.05, 0) is 90.7 Å². The van der Waals surface area contributed by atoms with Gasteiger partial charge in [-0.1, -0.05) is 37.5 Å². The molecule has 6 rings (SSSR count). The molecule has 1 unspecified atom stereocenters. The molecule has 1 aliphatic heterocycles. The van der Waals surface area contributed by atoms with E-state index in [0.717, 1.165) is 28.3 Å². The third-order valence-electron chi connectivity index (χ3n) is 10.3. The molecule has 14 heteroatoms. The van der Waals surface area contributed by atoms with Crippen LogP contribution in [0.3, 0.4) is 0 Å². The largest absolute Gasteiger partial charge is 0.491 e. The highest BCUT2D eigenvalue weighted by Gasteiger charge is 2.40. The lowest BCUT2D eigenvalue weighted by atomic mass is 10.0. The average molecular weight is 764 g/mol. The minimum atomic E-state index is -2.24. The van der Waals surface area contributed by atoms with Gasteiger partial charge in [0.15, 0.2) is 14.1 Å². The van der Waals surface area contributed by atoms with Crippen LogP contribution in [0.2, 0.25) is 23.2 Å². The number of nitrogens with zero attached hydrogens (tertiary/aromatic N) is 7. The summed E-state index contributed by atoms with van der Waals surface area (Å²) in [4.78, 5) is 27.1. The Morgan fingerprint density at radius 3 is 2.43 bits per heavy atom. The highest BCUT2D eigenvalue weighted by atomic mass is 35.5. The number of hydrogen-bond donors (Lipinski definition) is 0.